The average molecular weight is 221 g/mol. The van der Waals surface area contributed by atoms with Crippen molar-refractivity contribution in [2.75, 3.05) is 6.54 Å². The van der Waals surface area contributed by atoms with E-state index in [0.717, 1.165) is 12.0 Å². The van der Waals surface area contributed by atoms with Gasteiger partial charge in [0.1, 0.15) is 0 Å². The highest BCUT2D eigenvalue weighted by Gasteiger charge is 2.04. The molecule has 0 bridgehead atoms. The number of hydrogen-bond donors (Lipinski definition) is 2. The molecule has 0 saturated carbocycles. The van der Waals surface area contributed by atoms with Crippen molar-refractivity contribution in [1.29, 1.82) is 0 Å². The fourth-order valence-electron chi connectivity index (χ4n) is 1.29. The predicted octanol–water partition coefficient (Wildman–Crippen LogP) is 1.07. The second-order valence-corrected chi connectivity index (χ2v) is 4.01. The van der Waals surface area contributed by atoms with E-state index in [1.54, 1.807) is 12.4 Å². The molecule has 0 radical (unpaired) electrons. The van der Waals surface area contributed by atoms with Gasteiger partial charge in [0.05, 0.1) is 0 Å². The lowest BCUT2D eigenvalue weighted by Crippen LogP contribution is -2.23. The molecule has 0 spiro atoms. The minimum Gasteiger partial charge on any atom is -0.352 e. The molecule has 0 aliphatic heterocycles. The second kappa shape index (κ2) is 6.95. The second-order valence-electron chi connectivity index (χ2n) is 4.01. The molecular formula is C12H19N3O. The van der Waals surface area contributed by atoms with Crippen LogP contribution >= 0.6 is 0 Å². The van der Waals surface area contributed by atoms with E-state index in [-0.39, 0.29) is 5.91 Å². The van der Waals surface area contributed by atoms with Gasteiger partial charge < -0.3 is 11.1 Å². The number of rotatable bonds is 6. The molecule has 1 aromatic heterocycles. The van der Waals surface area contributed by atoms with Gasteiger partial charge in [-0.05, 0) is 36.6 Å². The summed E-state index contributed by atoms with van der Waals surface area (Å²) in [7, 11) is 0. The number of amides is 1. The zero-order valence-corrected chi connectivity index (χ0v) is 9.65. The predicted molar refractivity (Wildman–Crippen MR) is 63.5 cm³/mol. The Balaban J connectivity index is 2.20. The van der Waals surface area contributed by atoms with Crippen LogP contribution in [0.1, 0.15) is 25.3 Å². The van der Waals surface area contributed by atoms with Gasteiger partial charge in [-0.3, -0.25) is 9.78 Å². The molecule has 1 aromatic rings. The molecular weight excluding hydrogens is 202 g/mol. The number of carbonyl (C=O) groups is 1. The van der Waals surface area contributed by atoms with Gasteiger partial charge in [-0.25, -0.2) is 0 Å². The number of carbonyl (C=O) groups excluding carboxylic acids is 1. The van der Waals surface area contributed by atoms with E-state index in [0.29, 0.717) is 25.4 Å². The van der Waals surface area contributed by atoms with E-state index in [9.17, 15) is 4.79 Å². The minimum atomic E-state index is 0.0807. The summed E-state index contributed by atoms with van der Waals surface area (Å²) in [5.41, 5.74) is 6.55. The maximum atomic E-state index is 11.5. The number of nitrogens with zero attached hydrogens (tertiary/aromatic N) is 1. The highest BCUT2D eigenvalue weighted by Crippen LogP contribution is 2.03. The molecule has 0 aromatic carbocycles. The lowest BCUT2D eigenvalue weighted by Gasteiger charge is -2.08. The van der Waals surface area contributed by atoms with Crippen LogP contribution in [0.5, 0.6) is 0 Å². The van der Waals surface area contributed by atoms with Crippen molar-refractivity contribution in [3.05, 3.63) is 30.1 Å². The topological polar surface area (TPSA) is 68.0 Å². The fraction of sp³-hybridized carbons (Fsp3) is 0.500. The standard InChI is InChI=1S/C12H19N3O/c1-10(8-13)2-3-12(16)15-9-11-4-6-14-7-5-11/h4-7,10H,2-3,8-9,13H2,1H3,(H,15,16). The summed E-state index contributed by atoms with van der Waals surface area (Å²) in [6.45, 7) is 3.26. The number of aromatic nitrogens is 1. The fourth-order valence-corrected chi connectivity index (χ4v) is 1.29. The van der Waals surface area contributed by atoms with Gasteiger partial charge in [0.25, 0.3) is 0 Å². The molecule has 1 unspecified atom stereocenters. The minimum absolute atomic E-state index is 0.0807. The summed E-state index contributed by atoms with van der Waals surface area (Å²) in [4.78, 5) is 15.4. The van der Waals surface area contributed by atoms with Crippen LogP contribution in [0.4, 0.5) is 0 Å². The molecule has 4 heteroatoms. The Hall–Kier alpha value is -1.42. The van der Waals surface area contributed by atoms with Crippen LogP contribution in [-0.4, -0.2) is 17.4 Å². The van der Waals surface area contributed by atoms with Gasteiger partial charge in [0, 0.05) is 25.4 Å². The quantitative estimate of drug-likeness (QED) is 0.755. The maximum absolute atomic E-state index is 11.5. The molecule has 0 fully saturated rings. The summed E-state index contributed by atoms with van der Waals surface area (Å²) < 4.78 is 0. The van der Waals surface area contributed by atoms with E-state index in [1.807, 2.05) is 12.1 Å². The average Bonchev–Trinajstić information content (AvgIpc) is 2.34. The Labute approximate surface area is 96.3 Å². The molecule has 0 aliphatic carbocycles. The summed E-state index contributed by atoms with van der Waals surface area (Å²) in [6.07, 6.45) is 4.83. The molecule has 1 atom stereocenters. The Morgan fingerprint density at radius 2 is 2.19 bits per heavy atom. The third-order valence-electron chi connectivity index (χ3n) is 2.51. The first-order chi connectivity index (χ1) is 7.72. The van der Waals surface area contributed by atoms with Crippen LogP contribution in [-0.2, 0) is 11.3 Å². The molecule has 1 rings (SSSR count). The highest BCUT2D eigenvalue weighted by atomic mass is 16.1. The van der Waals surface area contributed by atoms with Gasteiger partial charge in [-0.15, -0.1) is 0 Å². The Morgan fingerprint density at radius 1 is 1.50 bits per heavy atom. The molecule has 88 valence electrons. The summed E-state index contributed by atoms with van der Waals surface area (Å²) in [6, 6.07) is 3.78. The third kappa shape index (κ3) is 4.89. The van der Waals surface area contributed by atoms with Crippen LogP contribution in [0.3, 0.4) is 0 Å². The Bertz CT molecular complexity index is 313. The largest absolute Gasteiger partial charge is 0.352 e. The van der Waals surface area contributed by atoms with E-state index >= 15 is 0 Å². The highest BCUT2D eigenvalue weighted by molar-refractivity contribution is 5.75. The van der Waals surface area contributed by atoms with Crippen LogP contribution in [0.25, 0.3) is 0 Å². The number of nitrogens with two attached hydrogens (primary N) is 1. The van der Waals surface area contributed by atoms with Gasteiger partial charge in [0.15, 0.2) is 0 Å². The monoisotopic (exact) mass is 221 g/mol. The van der Waals surface area contributed by atoms with Crippen LogP contribution in [0, 0.1) is 5.92 Å². The molecule has 16 heavy (non-hydrogen) atoms. The van der Waals surface area contributed by atoms with Crippen molar-refractivity contribution in [3.63, 3.8) is 0 Å². The summed E-state index contributed by atoms with van der Waals surface area (Å²) in [5.74, 6) is 0.490. The van der Waals surface area contributed by atoms with E-state index < -0.39 is 0 Å². The van der Waals surface area contributed by atoms with E-state index in [1.165, 1.54) is 0 Å². The zero-order chi connectivity index (χ0) is 11.8. The third-order valence-corrected chi connectivity index (χ3v) is 2.51. The molecule has 1 heterocycles. The molecule has 4 nitrogen and oxygen atoms in total. The Morgan fingerprint density at radius 3 is 2.81 bits per heavy atom. The lowest BCUT2D eigenvalue weighted by atomic mass is 10.1. The van der Waals surface area contributed by atoms with E-state index in [2.05, 4.69) is 17.2 Å². The number of pyridine rings is 1. The maximum Gasteiger partial charge on any atom is 0.220 e. The van der Waals surface area contributed by atoms with Crippen molar-refractivity contribution >= 4 is 5.91 Å². The van der Waals surface area contributed by atoms with Crippen molar-refractivity contribution in [2.45, 2.75) is 26.3 Å². The Kier molecular flexibility index (Phi) is 5.50. The lowest BCUT2D eigenvalue weighted by molar-refractivity contribution is -0.121. The van der Waals surface area contributed by atoms with Crippen LogP contribution < -0.4 is 11.1 Å². The number of nitrogens with one attached hydrogen (secondary N) is 1. The normalized spacial score (nSPS) is 12.1. The van der Waals surface area contributed by atoms with Crippen LogP contribution in [0.15, 0.2) is 24.5 Å². The summed E-state index contributed by atoms with van der Waals surface area (Å²) >= 11 is 0. The van der Waals surface area contributed by atoms with Gasteiger partial charge in [-0.2, -0.15) is 0 Å². The van der Waals surface area contributed by atoms with Crippen molar-refractivity contribution in [1.82, 2.24) is 10.3 Å². The van der Waals surface area contributed by atoms with E-state index in [4.69, 9.17) is 5.73 Å². The molecule has 3 N–H and O–H groups in total. The summed E-state index contributed by atoms with van der Waals surface area (Å²) in [5, 5.41) is 2.87. The molecule has 1 amide bonds. The molecule has 0 aliphatic rings. The van der Waals surface area contributed by atoms with Gasteiger partial charge >= 0.3 is 0 Å². The van der Waals surface area contributed by atoms with Crippen molar-refractivity contribution in [3.8, 4) is 0 Å². The first-order valence-electron chi connectivity index (χ1n) is 5.58. The zero-order valence-electron chi connectivity index (χ0n) is 9.65. The van der Waals surface area contributed by atoms with Crippen LogP contribution in [0.2, 0.25) is 0 Å². The first kappa shape index (κ1) is 12.6. The molecule has 0 saturated heterocycles. The SMILES string of the molecule is CC(CN)CCC(=O)NCc1ccncc1. The van der Waals surface area contributed by atoms with Crippen molar-refractivity contribution < 1.29 is 4.79 Å². The van der Waals surface area contributed by atoms with Gasteiger partial charge in [0.2, 0.25) is 5.91 Å². The van der Waals surface area contributed by atoms with Crippen molar-refractivity contribution in [2.24, 2.45) is 11.7 Å². The number of hydrogen-bond acceptors (Lipinski definition) is 3. The first-order valence-corrected chi connectivity index (χ1v) is 5.58. The smallest absolute Gasteiger partial charge is 0.220 e. The van der Waals surface area contributed by atoms with Gasteiger partial charge in [-0.1, -0.05) is 6.92 Å².